The second kappa shape index (κ2) is 3.11. The standard InChI is InChI=1S/C11H19BO2/c1-5-12-13-10(2,3)11(4,14-12)8-9-6-7-9/h5,9H,1,6-8H2,2-4H3. The third kappa shape index (κ3) is 1.63. The number of hydrogen-bond acceptors (Lipinski definition) is 2. The smallest absolute Gasteiger partial charge is 0.400 e. The van der Waals surface area contributed by atoms with Gasteiger partial charge < -0.3 is 9.31 Å². The van der Waals surface area contributed by atoms with E-state index in [1.54, 1.807) is 5.98 Å². The molecule has 0 bridgehead atoms. The number of hydrogen-bond donors (Lipinski definition) is 0. The van der Waals surface area contributed by atoms with Crippen molar-refractivity contribution in [2.75, 3.05) is 0 Å². The Kier molecular flexibility index (Phi) is 2.28. The lowest BCUT2D eigenvalue weighted by Crippen LogP contribution is -2.45. The van der Waals surface area contributed by atoms with Crippen LogP contribution in [0, 0.1) is 5.92 Å². The molecule has 0 N–H and O–H groups in total. The zero-order valence-electron chi connectivity index (χ0n) is 9.38. The normalized spacial score (nSPS) is 36.1. The largest absolute Gasteiger partial charge is 0.486 e. The van der Waals surface area contributed by atoms with Crippen molar-refractivity contribution in [2.45, 2.75) is 51.2 Å². The summed E-state index contributed by atoms with van der Waals surface area (Å²) in [4.78, 5) is 0. The summed E-state index contributed by atoms with van der Waals surface area (Å²) in [5, 5.41) is 0. The van der Waals surface area contributed by atoms with E-state index >= 15 is 0 Å². The van der Waals surface area contributed by atoms with E-state index in [1.165, 1.54) is 12.8 Å². The van der Waals surface area contributed by atoms with Gasteiger partial charge in [0, 0.05) is 0 Å². The summed E-state index contributed by atoms with van der Waals surface area (Å²) in [6.45, 7) is 10.1. The molecule has 0 aromatic rings. The third-order valence-electron chi connectivity index (χ3n) is 3.63. The lowest BCUT2D eigenvalue weighted by atomic mass is 9.83. The van der Waals surface area contributed by atoms with E-state index in [4.69, 9.17) is 9.31 Å². The van der Waals surface area contributed by atoms with Crippen LogP contribution in [0.4, 0.5) is 0 Å². The van der Waals surface area contributed by atoms with E-state index in [9.17, 15) is 0 Å². The van der Waals surface area contributed by atoms with Crippen molar-refractivity contribution >= 4 is 7.12 Å². The molecule has 78 valence electrons. The number of rotatable bonds is 3. The second-order valence-corrected chi connectivity index (χ2v) is 5.23. The first kappa shape index (κ1) is 10.2. The van der Waals surface area contributed by atoms with E-state index < -0.39 is 0 Å². The molecule has 1 saturated heterocycles. The first-order valence-corrected chi connectivity index (χ1v) is 5.45. The molecular weight excluding hydrogens is 175 g/mol. The van der Waals surface area contributed by atoms with Gasteiger partial charge in [-0.25, -0.2) is 0 Å². The molecule has 1 aliphatic carbocycles. The van der Waals surface area contributed by atoms with Crippen molar-refractivity contribution in [3.8, 4) is 0 Å². The van der Waals surface area contributed by atoms with Gasteiger partial charge in [-0.05, 0) is 33.1 Å². The Bertz CT molecular complexity index is 248. The molecule has 14 heavy (non-hydrogen) atoms. The minimum atomic E-state index is -0.228. The Labute approximate surface area is 86.8 Å². The lowest BCUT2D eigenvalue weighted by molar-refractivity contribution is -0.0194. The van der Waals surface area contributed by atoms with Gasteiger partial charge >= 0.3 is 7.12 Å². The molecule has 0 spiro atoms. The fraction of sp³-hybridized carbons (Fsp3) is 0.818. The third-order valence-corrected chi connectivity index (χ3v) is 3.63. The summed E-state index contributed by atoms with van der Waals surface area (Å²) in [5.41, 5.74) is -0.346. The molecule has 0 amide bonds. The maximum absolute atomic E-state index is 5.92. The summed E-state index contributed by atoms with van der Waals surface area (Å²) >= 11 is 0. The topological polar surface area (TPSA) is 18.5 Å². The minimum Gasteiger partial charge on any atom is -0.400 e. The average Bonchev–Trinajstić information content (AvgIpc) is 2.82. The highest BCUT2D eigenvalue weighted by Crippen LogP contribution is 2.47. The van der Waals surface area contributed by atoms with Gasteiger partial charge in [0.1, 0.15) is 0 Å². The molecule has 1 atom stereocenters. The second-order valence-electron chi connectivity index (χ2n) is 5.23. The highest BCUT2D eigenvalue weighted by Gasteiger charge is 2.54. The Hall–Kier alpha value is -0.275. The van der Waals surface area contributed by atoms with Crippen molar-refractivity contribution in [1.82, 2.24) is 0 Å². The van der Waals surface area contributed by atoms with Gasteiger partial charge in [-0.1, -0.05) is 18.8 Å². The highest BCUT2D eigenvalue weighted by atomic mass is 16.7. The van der Waals surface area contributed by atoms with Crippen LogP contribution in [-0.4, -0.2) is 18.3 Å². The lowest BCUT2D eigenvalue weighted by Gasteiger charge is -2.36. The predicted molar refractivity (Wildman–Crippen MR) is 57.9 cm³/mol. The van der Waals surface area contributed by atoms with E-state index in [2.05, 4.69) is 27.4 Å². The maximum atomic E-state index is 5.92. The monoisotopic (exact) mass is 194 g/mol. The summed E-state index contributed by atoms with van der Waals surface area (Å²) in [7, 11) is -0.228. The van der Waals surface area contributed by atoms with Crippen LogP contribution in [0.5, 0.6) is 0 Å². The Morgan fingerprint density at radius 3 is 2.43 bits per heavy atom. The average molecular weight is 194 g/mol. The Morgan fingerprint density at radius 1 is 1.36 bits per heavy atom. The maximum Gasteiger partial charge on any atom is 0.486 e. The molecule has 0 aromatic carbocycles. The Balaban J connectivity index is 2.10. The first-order valence-electron chi connectivity index (χ1n) is 5.45. The molecule has 2 fully saturated rings. The van der Waals surface area contributed by atoms with Crippen LogP contribution in [0.15, 0.2) is 12.6 Å². The van der Waals surface area contributed by atoms with Gasteiger partial charge in [-0.3, -0.25) is 0 Å². The molecule has 1 saturated carbocycles. The van der Waals surface area contributed by atoms with Crippen LogP contribution in [0.2, 0.25) is 0 Å². The van der Waals surface area contributed by atoms with Crippen LogP contribution < -0.4 is 0 Å². The molecule has 1 unspecified atom stereocenters. The quantitative estimate of drug-likeness (QED) is 0.643. The molecule has 3 heteroatoms. The molecule has 1 aliphatic heterocycles. The van der Waals surface area contributed by atoms with Crippen LogP contribution in [0.1, 0.15) is 40.0 Å². The van der Waals surface area contributed by atoms with Crippen LogP contribution in [0.3, 0.4) is 0 Å². The molecule has 0 aromatic heterocycles. The summed E-state index contributed by atoms with van der Waals surface area (Å²) < 4.78 is 11.7. The zero-order valence-corrected chi connectivity index (χ0v) is 9.38. The van der Waals surface area contributed by atoms with E-state index in [-0.39, 0.29) is 18.3 Å². The van der Waals surface area contributed by atoms with E-state index in [0.717, 1.165) is 12.3 Å². The molecule has 1 heterocycles. The molecular formula is C11H19BO2. The fourth-order valence-electron chi connectivity index (χ4n) is 2.10. The van der Waals surface area contributed by atoms with E-state index in [1.807, 2.05) is 0 Å². The van der Waals surface area contributed by atoms with Crippen LogP contribution in [-0.2, 0) is 9.31 Å². The van der Waals surface area contributed by atoms with Crippen LogP contribution in [0.25, 0.3) is 0 Å². The van der Waals surface area contributed by atoms with Gasteiger partial charge in [0.15, 0.2) is 0 Å². The Morgan fingerprint density at radius 2 is 2.00 bits per heavy atom. The predicted octanol–water partition coefficient (Wildman–Crippen LogP) is 2.58. The SMILES string of the molecule is C=CB1OC(C)(C)C(C)(CC2CC2)O1. The molecule has 2 nitrogen and oxygen atoms in total. The van der Waals surface area contributed by atoms with Gasteiger partial charge in [-0.2, -0.15) is 0 Å². The van der Waals surface area contributed by atoms with Gasteiger partial charge in [0.25, 0.3) is 0 Å². The van der Waals surface area contributed by atoms with Crippen molar-refractivity contribution in [3.63, 3.8) is 0 Å². The van der Waals surface area contributed by atoms with Crippen molar-refractivity contribution in [1.29, 1.82) is 0 Å². The van der Waals surface area contributed by atoms with Crippen LogP contribution >= 0.6 is 0 Å². The highest BCUT2D eigenvalue weighted by molar-refractivity contribution is 6.51. The summed E-state index contributed by atoms with van der Waals surface area (Å²) in [6.07, 6.45) is 3.83. The van der Waals surface area contributed by atoms with E-state index in [0.29, 0.717) is 0 Å². The van der Waals surface area contributed by atoms with Crippen molar-refractivity contribution in [2.24, 2.45) is 5.92 Å². The summed E-state index contributed by atoms with van der Waals surface area (Å²) in [6, 6.07) is 0. The van der Waals surface area contributed by atoms with Gasteiger partial charge in [0.2, 0.25) is 0 Å². The first-order chi connectivity index (χ1) is 6.47. The zero-order chi connectivity index (χ0) is 10.4. The van der Waals surface area contributed by atoms with Crippen molar-refractivity contribution in [3.05, 3.63) is 12.6 Å². The minimum absolute atomic E-state index is 0.146. The van der Waals surface area contributed by atoms with Crippen molar-refractivity contribution < 1.29 is 9.31 Å². The molecule has 2 aliphatic rings. The summed E-state index contributed by atoms with van der Waals surface area (Å²) in [5.74, 6) is 2.59. The molecule has 0 radical (unpaired) electrons. The van der Waals surface area contributed by atoms with Gasteiger partial charge in [-0.15, -0.1) is 6.58 Å². The fourth-order valence-corrected chi connectivity index (χ4v) is 2.10. The van der Waals surface area contributed by atoms with Gasteiger partial charge in [0.05, 0.1) is 11.2 Å². The molecule has 2 rings (SSSR count).